The molecule has 92 valence electrons. The molecule has 0 bridgehead atoms. The summed E-state index contributed by atoms with van der Waals surface area (Å²) in [4.78, 5) is 0. The van der Waals surface area contributed by atoms with Gasteiger partial charge in [0.2, 0.25) is 0 Å². The third kappa shape index (κ3) is 6.13. The van der Waals surface area contributed by atoms with Crippen LogP contribution < -0.4 is 0 Å². The Morgan fingerprint density at radius 1 is 1.27 bits per heavy atom. The molecule has 0 aromatic carbocycles. The Balaban J connectivity index is 0.000000583. The van der Waals surface area contributed by atoms with E-state index in [2.05, 4.69) is 18.2 Å². The first kappa shape index (κ1) is 14.9. The summed E-state index contributed by atoms with van der Waals surface area (Å²) >= 11 is 0. The van der Waals surface area contributed by atoms with Gasteiger partial charge in [0.25, 0.3) is 0 Å². The summed E-state index contributed by atoms with van der Waals surface area (Å²) in [5.74, 6) is 0.877. The Kier molecular flexibility index (Phi) is 6.41. The van der Waals surface area contributed by atoms with Gasteiger partial charge in [-0.05, 0) is 26.7 Å². The van der Waals surface area contributed by atoms with Crippen molar-refractivity contribution in [2.24, 2.45) is 4.36 Å². The molecule has 0 atom stereocenters. The first-order valence-corrected chi connectivity index (χ1v) is 7.61. The molecule has 1 heterocycles. The minimum absolute atomic E-state index is 0.398. The number of alkyl halides is 1. The van der Waals surface area contributed by atoms with Crippen LogP contribution in [0.15, 0.2) is 4.36 Å². The summed E-state index contributed by atoms with van der Waals surface area (Å²) in [5, 5.41) is 0. The second kappa shape index (κ2) is 6.46. The number of rotatable bonds is 1. The van der Waals surface area contributed by atoms with Gasteiger partial charge in [-0.2, -0.15) is 0 Å². The standard InChI is InChI=1S/C8H16FNOS.C3H8/c1-3-10-12(11)6-4-8(2,9)5-7-12;1-3-2/h3-7H2,1-2H3;3H2,1-2H3. The molecule has 0 spiro atoms. The Labute approximate surface area is 93.8 Å². The minimum Gasteiger partial charge on any atom is -0.250 e. The zero-order chi connectivity index (χ0) is 11.9. The lowest BCUT2D eigenvalue weighted by atomic mass is 10.0. The Morgan fingerprint density at radius 2 is 1.67 bits per heavy atom. The molecule has 0 saturated carbocycles. The van der Waals surface area contributed by atoms with Gasteiger partial charge < -0.3 is 0 Å². The normalized spacial score (nSPS) is 35.3. The van der Waals surface area contributed by atoms with E-state index in [1.807, 2.05) is 6.92 Å². The van der Waals surface area contributed by atoms with Crippen LogP contribution in [0.2, 0.25) is 0 Å². The SMILES string of the molecule is CCC.CCN=S1(=O)CCC(C)(F)CC1. The lowest BCUT2D eigenvalue weighted by Gasteiger charge is -2.27. The summed E-state index contributed by atoms with van der Waals surface area (Å²) in [6.45, 7) is 8.29. The summed E-state index contributed by atoms with van der Waals surface area (Å²) in [5.41, 5.74) is -1.11. The molecule has 0 N–H and O–H groups in total. The topological polar surface area (TPSA) is 29.4 Å². The highest BCUT2D eigenvalue weighted by atomic mass is 32.2. The lowest BCUT2D eigenvalue weighted by Crippen LogP contribution is -2.32. The van der Waals surface area contributed by atoms with E-state index in [-0.39, 0.29) is 0 Å². The lowest BCUT2D eigenvalue weighted by molar-refractivity contribution is 0.174. The van der Waals surface area contributed by atoms with E-state index in [0.29, 0.717) is 30.9 Å². The van der Waals surface area contributed by atoms with Crippen molar-refractivity contribution in [2.45, 2.75) is 52.6 Å². The van der Waals surface area contributed by atoms with E-state index >= 15 is 0 Å². The van der Waals surface area contributed by atoms with Crippen LogP contribution in [-0.4, -0.2) is 27.9 Å². The van der Waals surface area contributed by atoms with Crippen molar-refractivity contribution >= 4 is 9.73 Å². The van der Waals surface area contributed by atoms with Crippen molar-refractivity contribution in [3.63, 3.8) is 0 Å². The van der Waals surface area contributed by atoms with Gasteiger partial charge in [0.15, 0.2) is 0 Å². The van der Waals surface area contributed by atoms with Gasteiger partial charge in [-0.15, -0.1) is 0 Å². The molecule has 15 heavy (non-hydrogen) atoms. The number of hydrogen-bond donors (Lipinski definition) is 0. The van der Waals surface area contributed by atoms with E-state index < -0.39 is 15.4 Å². The Morgan fingerprint density at radius 3 is 2.00 bits per heavy atom. The third-order valence-corrected chi connectivity index (χ3v) is 4.66. The molecule has 0 amide bonds. The van der Waals surface area contributed by atoms with Crippen LogP contribution in [0.1, 0.15) is 47.0 Å². The van der Waals surface area contributed by atoms with Gasteiger partial charge in [0.05, 0.1) is 0 Å². The van der Waals surface area contributed by atoms with Crippen molar-refractivity contribution in [1.82, 2.24) is 0 Å². The highest BCUT2D eigenvalue weighted by molar-refractivity contribution is 7.93. The summed E-state index contributed by atoms with van der Waals surface area (Å²) < 4.78 is 29.1. The van der Waals surface area contributed by atoms with Crippen LogP contribution in [0, 0.1) is 0 Å². The second-order valence-corrected chi connectivity index (χ2v) is 6.87. The van der Waals surface area contributed by atoms with Gasteiger partial charge in [-0.25, -0.2) is 13.0 Å². The Bertz CT molecular complexity index is 264. The van der Waals surface area contributed by atoms with Gasteiger partial charge in [-0.3, -0.25) is 0 Å². The van der Waals surface area contributed by atoms with Crippen LogP contribution in [-0.2, 0) is 9.73 Å². The fraction of sp³-hybridized carbons (Fsp3) is 1.00. The van der Waals surface area contributed by atoms with Crippen molar-refractivity contribution < 1.29 is 8.60 Å². The quantitative estimate of drug-likeness (QED) is 0.687. The molecule has 2 nitrogen and oxygen atoms in total. The smallest absolute Gasteiger partial charge is 0.110 e. The maximum atomic E-state index is 13.3. The molecular formula is C11H24FNOS. The molecule has 1 aliphatic heterocycles. The predicted molar refractivity (Wildman–Crippen MR) is 65.6 cm³/mol. The first-order valence-electron chi connectivity index (χ1n) is 5.76. The minimum atomic E-state index is -2.03. The number of hydrogen-bond acceptors (Lipinski definition) is 2. The van der Waals surface area contributed by atoms with E-state index in [1.54, 1.807) is 6.92 Å². The maximum absolute atomic E-state index is 13.3. The molecule has 0 unspecified atom stereocenters. The summed E-state index contributed by atoms with van der Waals surface area (Å²) in [7, 11) is -2.03. The van der Waals surface area contributed by atoms with Crippen LogP contribution in [0.3, 0.4) is 0 Å². The highest BCUT2D eigenvalue weighted by Crippen LogP contribution is 2.27. The molecule has 0 aromatic rings. The molecule has 4 heteroatoms. The van der Waals surface area contributed by atoms with Crippen molar-refractivity contribution in [1.29, 1.82) is 0 Å². The van der Waals surface area contributed by atoms with E-state index in [4.69, 9.17) is 0 Å². The Hall–Kier alpha value is -0.120. The van der Waals surface area contributed by atoms with Crippen molar-refractivity contribution in [2.75, 3.05) is 18.1 Å². The van der Waals surface area contributed by atoms with Crippen molar-refractivity contribution in [3.05, 3.63) is 0 Å². The average molecular weight is 237 g/mol. The molecule has 1 saturated heterocycles. The molecule has 0 aliphatic carbocycles. The van der Waals surface area contributed by atoms with Gasteiger partial charge >= 0.3 is 0 Å². The molecule has 1 fully saturated rings. The van der Waals surface area contributed by atoms with E-state index in [9.17, 15) is 8.60 Å². The molecule has 1 rings (SSSR count). The van der Waals surface area contributed by atoms with Crippen LogP contribution in [0.5, 0.6) is 0 Å². The molecular weight excluding hydrogens is 213 g/mol. The van der Waals surface area contributed by atoms with Gasteiger partial charge in [0.1, 0.15) is 5.67 Å². The monoisotopic (exact) mass is 237 g/mol. The fourth-order valence-electron chi connectivity index (χ4n) is 1.34. The molecule has 0 radical (unpaired) electrons. The first-order chi connectivity index (χ1) is 6.89. The number of halogens is 1. The van der Waals surface area contributed by atoms with Crippen LogP contribution >= 0.6 is 0 Å². The van der Waals surface area contributed by atoms with E-state index in [1.165, 1.54) is 6.42 Å². The highest BCUT2D eigenvalue weighted by Gasteiger charge is 2.31. The van der Waals surface area contributed by atoms with Crippen molar-refractivity contribution in [3.8, 4) is 0 Å². The third-order valence-electron chi connectivity index (χ3n) is 2.25. The average Bonchev–Trinajstić information content (AvgIpc) is 2.13. The summed E-state index contributed by atoms with van der Waals surface area (Å²) in [6.07, 6.45) is 2.05. The predicted octanol–water partition coefficient (Wildman–Crippen LogP) is 3.41. The van der Waals surface area contributed by atoms with Crippen LogP contribution in [0.25, 0.3) is 0 Å². The molecule has 1 aliphatic rings. The zero-order valence-electron chi connectivity index (χ0n) is 10.4. The van der Waals surface area contributed by atoms with E-state index in [0.717, 1.165) is 0 Å². The van der Waals surface area contributed by atoms with Gasteiger partial charge in [0, 0.05) is 27.8 Å². The van der Waals surface area contributed by atoms with Gasteiger partial charge in [-0.1, -0.05) is 20.3 Å². The van der Waals surface area contributed by atoms with Crippen LogP contribution in [0.4, 0.5) is 4.39 Å². The summed E-state index contributed by atoms with van der Waals surface area (Å²) in [6, 6.07) is 0. The fourth-order valence-corrected chi connectivity index (χ4v) is 3.76. The zero-order valence-corrected chi connectivity index (χ0v) is 11.2. The largest absolute Gasteiger partial charge is 0.250 e. The molecule has 0 aromatic heterocycles. The second-order valence-electron chi connectivity index (χ2n) is 4.25. The maximum Gasteiger partial charge on any atom is 0.110 e. The number of nitrogens with zero attached hydrogens (tertiary/aromatic N) is 1.